The third-order valence-corrected chi connectivity index (χ3v) is 13.8. The molecular formula is C41H48F3NO7. The molecule has 1 amide bonds. The maximum Gasteiger partial charge on any atom is 0.573 e. The maximum atomic E-state index is 14.8. The number of rotatable bonds is 9. The van der Waals surface area contributed by atoms with Gasteiger partial charge in [-0.2, -0.15) is 0 Å². The number of aliphatic hydroxyl groups excluding tert-OH is 1. The van der Waals surface area contributed by atoms with E-state index in [4.69, 9.17) is 9.47 Å². The van der Waals surface area contributed by atoms with E-state index in [1.165, 1.54) is 29.2 Å². The number of halogens is 3. The number of hydrogen-bond acceptors (Lipinski definition) is 7. The number of allylic oxidation sites excluding steroid dienone is 4. The van der Waals surface area contributed by atoms with E-state index in [9.17, 15) is 33.0 Å². The van der Waals surface area contributed by atoms with Crippen LogP contribution in [-0.4, -0.2) is 65.3 Å². The number of ketones is 1. The Morgan fingerprint density at radius 3 is 2.19 bits per heavy atom. The monoisotopic (exact) mass is 723 g/mol. The van der Waals surface area contributed by atoms with Gasteiger partial charge in [0, 0.05) is 33.9 Å². The first-order valence-corrected chi connectivity index (χ1v) is 18.3. The molecule has 6 aliphatic rings. The molecule has 8 rings (SSSR count). The Morgan fingerprint density at radius 2 is 1.54 bits per heavy atom. The Kier molecular flexibility index (Phi) is 8.88. The highest BCUT2D eigenvalue weighted by molar-refractivity contribution is 6.10. The smallest absolute Gasteiger partial charge is 0.497 e. The molecule has 0 aromatic heterocycles. The first kappa shape index (κ1) is 36.5. The number of amides is 1. The van der Waals surface area contributed by atoms with Gasteiger partial charge in [0.25, 0.3) is 0 Å². The predicted molar refractivity (Wildman–Crippen MR) is 186 cm³/mol. The van der Waals surface area contributed by atoms with Crippen molar-refractivity contribution in [3.8, 4) is 11.5 Å². The van der Waals surface area contributed by atoms with Crippen molar-refractivity contribution in [2.75, 3.05) is 20.3 Å². The molecular weight excluding hydrogens is 675 g/mol. The van der Waals surface area contributed by atoms with E-state index in [2.05, 4.69) is 36.8 Å². The molecule has 3 fully saturated rings. The highest BCUT2D eigenvalue weighted by Crippen LogP contribution is 2.78. The second-order valence-electron chi connectivity index (χ2n) is 16.1. The molecule has 0 heterocycles. The van der Waals surface area contributed by atoms with Crippen LogP contribution in [0.2, 0.25) is 0 Å². The summed E-state index contributed by atoms with van der Waals surface area (Å²) >= 11 is 0. The molecule has 0 saturated heterocycles. The van der Waals surface area contributed by atoms with Crippen molar-refractivity contribution in [1.82, 2.24) is 4.90 Å². The Morgan fingerprint density at radius 1 is 0.904 bits per heavy atom. The van der Waals surface area contributed by atoms with Crippen LogP contribution in [0.4, 0.5) is 18.0 Å². The lowest BCUT2D eigenvalue weighted by Gasteiger charge is -2.71. The predicted octanol–water partition coefficient (Wildman–Crippen LogP) is 8.03. The normalized spacial score (nSPS) is 35.9. The summed E-state index contributed by atoms with van der Waals surface area (Å²) in [4.78, 5) is 29.7. The van der Waals surface area contributed by atoms with Gasteiger partial charge in [-0.25, -0.2) is 4.79 Å². The van der Waals surface area contributed by atoms with Crippen molar-refractivity contribution in [2.45, 2.75) is 90.3 Å². The molecule has 2 aromatic rings. The number of alkyl halides is 3. The van der Waals surface area contributed by atoms with Crippen LogP contribution in [0.3, 0.4) is 0 Å². The van der Waals surface area contributed by atoms with E-state index in [1.807, 2.05) is 0 Å². The van der Waals surface area contributed by atoms with Gasteiger partial charge >= 0.3 is 12.5 Å². The summed E-state index contributed by atoms with van der Waals surface area (Å²) < 4.78 is 53.2. The van der Waals surface area contributed by atoms with Crippen molar-refractivity contribution in [2.24, 2.45) is 33.5 Å². The first-order chi connectivity index (χ1) is 24.5. The van der Waals surface area contributed by atoms with Gasteiger partial charge in [-0.1, -0.05) is 44.2 Å². The van der Waals surface area contributed by atoms with Crippen LogP contribution in [0.15, 0.2) is 72.3 Å². The number of hydrogen-bond donors (Lipinski definition) is 2. The van der Waals surface area contributed by atoms with Crippen LogP contribution in [-0.2, 0) is 11.3 Å². The molecule has 8 atom stereocenters. The van der Waals surface area contributed by atoms with Gasteiger partial charge in [-0.15, -0.1) is 13.2 Å². The summed E-state index contributed by atoms with van der Waals surface area (Å²) in [7, 11) is 1.58. The van der Waals surface area contributed by atoms with Crippen LogP contribution in [0.5, 0.6) is 11.5 Å². The van der Waals surface area contributed by atoms with Crippen molar-refractivity contribution in [1.29, 1.82) is 0 Å². The molecule has 1 unspecified atom stereocenters. The van der Waals surface area contributed by atoms with Crippen molar-refractivity contribution in [3.05, 3.63) is 83.5 Å². The van der Waals surface area contributed by atoms with Gasteiger partial charge in [-0.05, 0) is 111 Å². The number of nitrogens with zero attached hydrogens (tertiary/aromatic N) is 1. The van der Waals surface area contributed by atoms with Gasteiger partial charge in [0.05, 0.1) is 32.0 Å². The molecule has 280 valence electrons. The number of ether oxygens (including phenoxy) is 3. The van der Waals surface area contributed by atoms with Crippen molar-refractivity contribution < 1.29 is 47.2 Å². The summed E-state index contributed by atoms with van der Waals surface area (Å²) in [5.41, 5.74) is -1.61. The minimum absolute atomic E-state index is 0.00584. The fraction of sp³-hybridized carbons (Fsp3) is 0.561. The van der Waals surface area contributed by atoms with Gasteiger partial charge in [0.2, 0.25) is 0 Å². The van der Waals surface area contributed by atoms with Crippen molar-refractivity contribution >= 4 is 11.9 Å². The zero-order valence-electron chi connectivity index (χ0n) is 30.2. The fourth-order valence-corrected chi connectivity index (χ4v) is 11.2. The second kappa shape index (κ2) is 12.6. The molecule has 3 saturated carbocycles. The molecule has 0 aliphatic heterocycles. The number of carbonyl (C=O) groups is 2. The average Bonchev–Trinajstić information content (AvgIpc) is 3.37. The van der Waals surface area contributed by atoms with E-state index in [-0.39, 0.29) is 48.5 Å². The van der Waals surface area contributed by atoms with Gasteiger partial charge in [-0.3, -0.25) is 4.79 Å². The molecule has 11 heteroatoms. The molecule has 2 aromatic carbocycles. The van der Waals surface area contributed by atoms with Crippen LogP contribution < -0.4 is 9.47 Å². The SMILES string of the molecule is CCOC(=O)N(Cc1ccc(OC(F)(F)F)cc1)C[C@]1(O)CC[C@H]2[C@]34C=C[C@@]5(C=C3C(=O)c3ccc(OC)cc3)CC(O)CC[C@]5(C)[C@H]4CC[C@@]21C. The molecule has 0 radical (unpaired) electrons. The zero-order chi connectivity index (χ0) is 37.3. The molecule has 8 nitrogen and oxygen atoms in total. The topological polar surface area (TPSA) is 106 Å². The Hall–Kier alpha value is -3.83. The standard InChI is InChI=1S/C41H48F3NO7/c1-5-51-35(48)45(24-26-6-10-30(11-7-26)52-41(42,43)44)25-39(49)19-16-33-37(39,3)18-15-32-36(2)17-14-28(46)22-38(36)20-21-40(32,33)31(23-38)34(47)27-8-12-29(50-4)13-9-27/h6-13,20-21,23,28,32-33,46,49H,5,14-19,22,24-25H2,1-4H3/t28?,32-,33-,36-,37+,38+,39-,40-/m1/s1. The minimum atomic E-state index is -4.83. The number of benzene rings is 2. The molecule has 52 heavy (non-hydrogen) atoms. The number of carbonyl (C=O) groups excluding carboxylic acids is 2. The third-order valence-electron chi connectivity index (χ3n) is 13.8. The Labute approximate surface area is 302 Å². The Bertz CT molecular complexity index is 1780. The van der Waals surface area contributed by atoms with Crippen molar-refractivity contribution in [3.63, 3.8) is 0 Å². The maximum absolute atomic E-state index is 14.8. The lowest BCUT2D eigenvalue weighted by Crippen LogP contribution is -2.67. The Balaban J connectivity index is 1.25. The highest BCUT2D eigenvalue weighted by atomic mass is 19.4. The largest absolute Gasteiger partial charge is 0.573 e. The van der Waals surface area contributed by atoms with E-state index in [1.54, 1.807) is 38.3 Å². The molecule has 2 N–H and O–H groups in total. The molecule has 6 aliphatic carbocycles. The quantitative estimate of drug-likeness (QED) is 0.200. The summed E-state index contributed by atoms with van der Waals surface area (Å²) in [5.74, 6) is 0.170. The lowest BCUT2D eigenvalue weighted by molar-refractivity contribution is -0.274. The first-order valence-electron chi connectivity index (χ1n) is 18.3. The van der Waals surface area contributed by atoms with E-state index < -0.39 is 40.4 Å². The molecule has 2 spiro atoms. The van der Waals surface area contributed by atoms with Gasteiger partial charge < -0.3 is 29.3 Å². The van der Waals surface area contributed by atoms with Gasteiger partial charge in [0.1, 0.15) is 11.5 Å². The van der Waals surface area contributed by atoms with E-state index in [0.717, 1.165) is 18.4 Å². The van der Waals surface area contributed by atoms with Crippen LogP contribution in [0.1, 0.15) is 81.6 Å². The third kappa shape index (κ3) is 5.56. The van der Waals surface area contributed by atoms with E-state index >= 15 is 0 Å². The van der Waals surface area contributed by atoms with Crippen LogP contribution in [0.25, 0.3) is 0 Å². The summed E-state index contributed by atoms with van der Waals surface area (Å²) in [6, 6.07) is 12.5. The summed E-state index contributed by atoms with van der Waals surface area (Å²) in [5, 5.41) is 23.8. The fourth-order valence-electron chi connectivity index (χ4n) is 11.2. The minimum Gasteiger partial charge on any atom is -0.497 e. The summed E-state index contributed by atoms with van der Waals surface area (Å²) in [6.45, 7) is 6.17. The summed E-state index contributed by atoms with van der Waals surface area (Å²) in [6.07, 6.45) is 5.22. The van der Waals surface area contributed by atoms with E-state index in [0.29, 0.717) is 49.0 Å². The number of methoxy groups -OCH3 is 1. The van der Waals surface area contributed by atoms with Gasteiger partial charge in [0.15, 0.2) is 5.78 Å². The highest BCUT2D eigenvalue weighted by Gasteiger charge is 2.74. The number of aliphatic hydroxyl groups is 2. The lowest BCUT2D eigenvalue weighted by atomic mass is 9.32. The second-order valence-corrected chi connectivity index (χ2v) is 16.1. The average molecular weight is 724 g/mol. The van der Waals surface area contributed by atoms with Crippen LogP contribution >= 0.6 is 0 Å². The number of Topliss-reactive ketones (excluding diaryl/α,β-unsaturated/α-hetero) is 1. The zero-order valence-corrected chi connectivity index (χ0v) is 30.2. The van der Waals surface area contributed by atoms with Crippen LogP contribution in [0, 0.1) is 33.5 Å². The number of fused-ring (bicyclic) bond motifs is 1. The molecule has 2 bridgehead atoms.